The van der Waals surface area contributed by atoms with Crippen molar-refractivity contribution < 1.29 is 10.2 Å². The Kier molecular flexibility index (Phi) is 9.43. The van der Waals surface area contributed by atoms with E-state index in [1.165, 1.54) is 57.4 Å². The molecule has 0 saturated carbocycles. The number of allylic oxidation sites excluding steroid dienone is 2. The van der Waals surface area contributed by atoms with Crippen molar-refractivity contribution >= 4 is 0 Å². The Labute approximate surface area is 129 Å². The molecule has 1 rings (SSSR count). The van der Waals surface area contributed by atoms with E-state index in [1.807, 2.05) is 0 Å². The molecule has 0 saturated heterocycles. The third kappa shape index (κ3) is 9.17. The molecule has 0 radical (unpaired) electrons. The first-order chi connectivity index (χ1) is 10.2. The van der Waals surface area contributed by atoms with Gasteiger partial charge in [-0.25, -0.2) is 0 Å². The molecule has 118 valence electrons. The summed E-state index contributed by atoms with van der Waals surface area (Å²) in [6.07, 6.45) is 16.8. The zero-order valence-electron chi connectivity index (χ0n) is 13.4. The van der Waals surface area contributed by atoms with Crippen LogP contribution < -0.4 is 0 Å². The maximum absolute atomic E-state index is 9.40. The van der Waals surface area contributed by atoms with Gasteiger partial charge in [-0.05, 0) is 49.8 Å². The van der Waals surface area contributed by atoms with E-state index in [-0.39, 0.29) is 11.5 Å². The minimum atomic E-state index is 0.153. The lowest BCUT2D eigenvalue weighted by Crippen LogP contribution is -1.86. The number of aromatic hydroxyl groups is 2. The van der Waals surface area contributed by atoms with Crippen LogP contribution in [0.2, 0.25) is 0 Å². The molecular formula is C19H30O2. The molecule has 2 N–H and O–H groups in total. The second kappa shape index (κ2) is 11.2. The number of aryl methyl sites for hydroxylation is 1. The fourth-order valence-electron chi connectivity index (χ4n) is 2.48. The molecule has 0 aliphatic carbocycles. The van der Waals surface area contributed by atoms with Crippen LogP contribution in [0.1, 0.15) is 70.3 Å². The van der Waals surface area contributed by atoms with Crippen LogP contribution in [-0.2, 0) is 6.42 Å². The minimum absolute atomic E-state index is 0.153. The van der Waals surface area contributed by atoms with Crippen molar-refractivity contribution in [2.75, 3.05) is 0 Å². The Hall–Kier alpha value is -1.44. The molecular weight excluding hydrogens is 260 g/mol. The molecule has 0 unspecified atom stereocenters. The highest BCUT2D eigenvalue weighted by atomic mass is 16.3. The number of phenolic OH excluding ortho intramolecular Hbond substituents is 2. The van der Waals surface area contributed by atoms with E-state index in [4.69, 9.17) is 0 Å². The summed E-state index contributed by atoms with van der Waals surface area (Å²) in [6, 6.07) is 4.85. The molecule has 0 bridgehead atoms. The van der Waals surface area contributed by atoms with Gasteiger partial charge in [-0.1, -0.05) is 51.2 Å². The quantitative estimate of drug-likeness (QED) is 0.404. The molecule has 0 amide bonds. The van der Waals surface area contributed by atoms with Crippen LogP contribution in [0, 0.1) is 0 Å². The lowest BCUT2D eigenvalue weighted by molar-refractivity contribution is 0.449. The SMILES string of the molecule is CCCC/C=C\CCCCCCCc1cc(O)cc(O)c1. The van der Waals surface area contributed by atoms with Gasteiger partial charge in [0.05, 0.1) is 0 Å². The van der Waals surface area contributed by atoms with Crippen LogP contribution in [0.4, 0.5) is 0 Å². The first kappa shape index (κ1) is 17.6. The van der Waals surface area contributed by atoms with E-state index in [2.05, 4.69) is 19.1 Å². The number of hydrogen-bond acceptors (Lipinski definition) is 2. The molecule has 0 fully saturated rings. The van der Waals surface area contributed by atoms with E-state index < -0.39 is 0 Å². The van der Waals surface area contributed by atoms with Crippen LogP contribution in [0.15, 0.2) is 30.4 Å². The average molecular weight is 290 g/mol. The van der Waals surface area contributed by atoms with Gasteiger partial charge in [0.2, 0.25) is 0 Å². The number of unbranched alkanes of at least 4 members (excludes halogenated alkanes) is 7. The largest absolute Gasteiger partial charge is 0.508 e. The summed E-state index contributed by atoms with van der Waals surface area (Å²) < 4.78 is 0. The molecule has 0 atom stereocenters. The van der Waals surface area contributed by atoms with Crippen molar-refractivity contribution in [2.24, 2.45) is 0 Å². The molecule has 21 heavy (non-hydrogen) atoms. The van der Waals surface area contributed by atoms with E-state index >= 15 is 0 Å². The Morgan fingerprint density at radius 1 is 0.762 bits per heavy atom. The van der Waals surface area contributed by atoms with Gasteiger partial charge >= 0.3 is 0 Å². The molecule has 0 spiro atoms. The third-order valence-electron chi connectivity index (χ3n) is 3.69. The lowest BCUT2D eigenvalue weighted by atomic mass is 10.0. The van der Waals surface area contributed by atoms with Crippen molar-refractivity contribution in [3.8, 4) is 11.5 Å². The van der Waals surface area contributed by atoms with Crippen LogP contribution in [-0.4, -0.2) is 10.2 Å². The monoisotopic (exact) mass is 290 g/mol. The number of phenols is 2. The summed E-state index contributed by atoms with van der Waals surface area (Å²) >= 11 is 0. The fourth-order valence-corrected chi connectivity index (χ4v) is 2.48. The van der Waals surface area contributed by atoms with Gasteiger partial charge in [0, 0.05) is 6.07 Å². The highest BCUT2D eigenvalue weighted by Gasteiger charge is 1.99. The van der Waals surface area contributed by atoms with Crippen molar-refractivity contribution in [3.63, 3.8) is 0 Å². The molecule has 2 heteroatoms. The number of rotatable bonds is 11. The maximum atomic E-state index is 9.40. The summed E-state index contributed by atoms with van der Waals surface area (Å²) in [6.45, 7) is 2.23. The Morgan fingerprint density at radius 2 is 1.33 bits per heavy atom. The van der Waals surface area contributed by atoms with Gasteiger partial charge in [0.25, 0.3) is 0 Å². The van der Waals surface area contributed by atoms with Crippen molar-refractivity contribution in [1.82, 2.24) is 0 Å². The van der Waals surface area contributed by atoms with Crippen molar-refractivity contribution in [1.29, 1.82) is 0 Å². The normalized spacial score (nSPS) is 11.3. The lowest BCUT2D eigenvalue weighted by Gasteiger charge is -2.04. The first-order valence-corrected chi connectivity index (χ1v) is 8.39. The van der Waals surface area contributed by atoms with E-state index in [0.717, 1.165) is 18.4 Å². The predicted molar refractivity (Wildman–Crippen MR) is 89.8 cm³/mol. The van der Waals surface area contributed by atoms with Crippen LogP contribution in [0.25, 0.3) is 0 Å². The summed E-state index contributed by atoms with van der Waals surface area (Å²) in [5, 5.41) is 18.8. The van der Waals surface area contributed by atoms with E-state index in [1.54, 1.807) is 12.1 Å². The van der Waals surface area contributed by atoms with Gasteiger partial charge in [0.15, 0.2) is 0 Å². The topological polar surface area (TPSA) is 40.5 Å². The summed E-state index contributed by atoms with van der Waals surface area (Å²) in [5.74, 6) is 0.305. The molecule has 0 heterocycles. The summed E-state index contributed by atoms with van der Waals surface area (Å²) in [5.41, 5.74) is 1.02. The number of hydrogen-bond donors (Lipinski definition) is 2. The first-order valence-electron chi connectivity index (χ1n) is 8.39. The molecule has 0 aliphatic heterocycles. The molecule has 0 aromatic heterocycles. The third-order valence-corrected chi connectivity index (χ3v) is 3.69. The second-order valence-electron chi connectivity index (χ2n) is 5.78. The van der Waals surface area contributed by atoms with E-state index in [9.17, 15) is 10.2 Å². The van der Waals surface area contributed by atoms with Crippen LogP contribution in [0.5, 0.6) is 11.5 Å². The maximum Gasteiger partial charge on any atom is 0.119 e. The van der Waals surface area contributed by atoms with Crippen LogP contribution >= 0.6 is 0 Å². The highest BCUT2D eigenvalue weighted by molar-refractivity contribution is 5.36. The zero-order chi connectivity index (χ0) is 15.3. The Morgan fingerprint density at radius 3 is 2.00 bits per heavy atom. The van der Waals surface area contributed by atoms with Gasteiger partial charge in [0.1, 0.15) is 11.5 Å². The fraction of sp³-hybridized carbons (Fsp3) is 0.579. The van der Waals surface area contributed by atoms with Gasteiger partial charge in [-0.15, -0.1) is 0 Å². The highest BCUT2D eigenvalue weighted by Crippen LogP contribution is 2.22. The smallest absolute Gasteiger partial charge is 0.119 e. The molecule has 0 aliphatic rings. The summed E-state index contributed by atoms with van der Waals surface area (Å²) in [7, 11) is 0. The minimum Gasteiger partial charge on any atom is -0.508 e. The van der Waals surface area contributed by atoms with Gasteiger partial charge < -0.3 is 10.2 Å². The average Bonchev–Trinajstić information content (AvgIpc) is 2.44. The van der Waals surface area contributed by atoms with Crippen molar-refractivity contribution in [3.05, 3.63) is 35.9 Å². The standard InChI is InChI=1S/C19H30O2/c1-2-3-4-5-6-7-8-9-10-11-12-13-17-14-18(20)16-19(21)15-17/h5-6,14-16,20-21H,2-4,7-13H2,1H3/b6-5-. The van der Waals surface area contributed by atoms with Gasteiger partial charge in [-0.3, -0.25) is 0 Å². The number of benzene rings is 1. The predicted octanol–water partition coefficient (Wildman–Crippen LogP) is 5.73. The summed E-state index contributed by atoms with van der Waals surface area (Å²) in [4.78, 5) is 0. The molecule has 1 aromatic rings. The van der Waals surface area contributed by atoms with Crippen LogP contribution in [0.3, 0.4) is 0 Å². The Bertz CT molecular complexity index is 390. The van der Waals surface area contributed by atoms with Crippen molar-refractivity contribution in [2.45, 2.75) is 71.1 Å². The van der Waals surface area contributed by atoms with E-state index in [0.29, 0.717) is 0 Å². The second-order valence-corrected chi connectivity index (χ2v) is 5.78. The Balaban J connectivity index is 1.98. The zero-order valence-corrected chi connectivity index (χ0v) is 13.4. The molecule has 2 nitrogen and oxygen atoms in total. The molecule has 1 aromatic carbocycles. The van der Waals surface area contributed by atoms with Gasteiger partial charge in [-0.2, -0.15) is 0 Å².